The first-order chi connectivity index (χ1) is 7.72. The maximum absolute atomic E-state index is 12.2. The molecule has 1 saturated heterocycles. The predicted molar refractivity (Wildman–Crippen MR) is 66.7 cm³/mol. The maximum atomic E-state index is 12.2. The lowest BCUT2D eigenvalue weighted by molar-refractivity contribution is 0.0871. The first kappa shape index (κ1) is 11.7. The zero-order chi connectivity index (χ0) is 11.5. The van der Waals surface area contributed by atoms with Crippen molar-refractivity contribution in [3.05, 3.63) is 28.5 Å². The summed E-state index contributed by atoms with van der Waals surface area (Å²) >= 11 is 7.41. The van der Waals surface area contributed by atoms with Gasteiger partial charge >= 0.3 is 0 Å². The van der Waals surface area contributed by atoms with Crippen molar-refractivity contribution in [2.45, 2.75) is 19.8 Å². The van der Waals surface area contributed by atoms with Crippen molar-refractivity contribution in [2.24, 2.45) is 0 Å². The lowest BCUT2D eigenvalue weighted by atomic mass is 10.1. The van der Waals surface area contributed by atoms with Crippen molar-refractivity contribution in [2.75, 3.05) is 12.3 Å². The molecule has 2 rings (SSSR count). The van der Waals surface area contributed by atoms with Gasteiger partial charge in [-0.1, -0.05) is 24.6 Å². The van der Waals surface area contributed by atoms with Crippen LogP contribution in [0.1, 0.15) is 29.4 Å². The van der Waals surface area contributed by atoms with Gasteiger partial charge in [0, 0.05) is 12.3 Å². The van der Waals surface area contributed by atoms with E-state index in [1.807, 2.05) is 13.0 Å². The first-order valence-corrected chi connectivity index (χ1v) is 6.64. The molecule has 1 amide bonds. The van der Waals surface area contributed by atoms with Crippen LogP contribution in [-0.2, 0) is 6.42 Å². The fraction of sp³-hybridized carbons (Fsp3) is 0.455. The zero-order valence-corrected chi connectivity index (χ0v) is 10.6. The van der Waals surface area contributed by atoms with Gasteiger partial charge in [-0.3, -0.25) is 9.10 Å². The minimum Gasteiger partial charge on any atom is -0.281 e. The second-order valence-corrected chi connectivity index (χ2v) is 5.08. The number of carbonyl (C=O) groups is 1. The van der Waals surface area contributed by atoms with Crippen LogP contribution in [0.2, 0.25) is 5.15 Å². The number of nitrogens with zero attached hydrogens (tertiary/aromatic N) is 2. The Labute approximate surface area is 104 Å². The third kappa shape index (κ3) is 2.33. The van der Waals surface area contributed by atoms with Gasteiger partial charge in [0.1, 0.15) is 10.8 Å². The van der Waals surface area contributed by atoms with Crippen LogP contribution >= 0.6 is 23.5 Å². The summed E-state index contributed by atoms with van der Waals surface area (Å²) in [4.78, 5) is 16.3. The molecule has 0 bridgehead atoms. The quantitative estimate of drug-likeness (QED) is 0.603. The largest absolute Gasteiger partial charge is 0.282 e. The van der Waals surface area contributed by atoms with Crippen LogP contribution in [-0.4, -0.2) is 27.5 Å². The Bertz CT molecular complexity index is 405. The van der Waals surface area contributed by atoms with Gasteiger partial charge in [-0.2, -0.15) is 0 Å². The Kier molecular flexibility index (Phi) is 3.71. The molecule has 0 aliphatic carbocycles. The highest BCUT2D eigenvalue weighted by Crippen LogP contribution is 2.24. The predicted octanol–water partition coefficient (Wildman–Crippen LogP) is 2.79. The molecule has 3 nitrogen and oxygen atoms in total. The number of halogens is 1. The average Bonchev–Trinajstić information content (AvgIpc) is 2.81. The van der Waals surface area contributed by atoms with E-state index in [0.717, 1.165) is 30.7 Å². The number of hydrogen-bond acceptors (Lipinski definition) is 3. The standard InChI is InChI=1S/C11H13ClN2OS/c1-2-8-4-5-9(12)13-10(8)11(15)14-6-3-7-16-14/h4-5H,2-3,6-7H2,1H3. The molecule has 1 fully saturated rings. The van der Waals surface area contributed by atoms with Gasteiger partial charge in [0.25, 0.3) is 5.91 Å². The summed E-state index contributed by atoms with van der Waals surface area (Å²) in [5, 5.41) is 0.379. The number of aryl methyl sites for hydroxylation is 1. The van der Waals surface area contributed by atoms with Gasteiger partial charge in [0.05, 0.1) is 0 Å². The topological polar surface area (TPSA) is 33.2 Å². The Hall–Kier alpha value is -0.740. The highest BCUT2D eigenvalue weighted by molar-refractivity contribution is 7.97. The fourth-order valence-corrected chi connectivity index (χ4v) is 2.75. The molecule has 1 aliphatic rings. The summed E-state index contributed by atoms with van der Waals surface area (Å²) in [6, 6.07) is 3.61. The van der Waals surface area contributed by atoms with Crippen LogP contribution in [0.4, 0.5) is 0 Å². The van der Waals surface area contributed by atoms with Gasteiger partial charge in [-0.25, -0.2) is 4.98 Å². The van der Waals surface area contributed by atoms with Crippen LogP contribution in [0.3, 0.4) is 0 Å². The highest BCUT2D eigenvalue weighted by Gasteiger charge is 2.23. The van der Waals surface area contributed by atoms with E-state index in [9.17, 15) is 4.79 Å². The molecule has 2 heterocycles. The van der Waals surface area contributed by atoms with E-state index in [2.05, 4.69) is 4.98 Å². The summed E-state index contributed by atoms with van der Waals surface area (Å²) < 4.78 is 1.78. The molecule has 1 aromatic rings. The molecule has 0 unspecified atom stereocenters. The minimum atomic E-state index is -0.0122. The van der Waals surface area contributed by atoms with Gasteiger partial charge in [0.15, 0.2) is 0 Å². The van der Waals surface area contributed by atoms with E-state index in [1.165, 1.54) is 0 Å². The SMILES string of the molecule is CCc1ccc(Cl)nc1C(=O)N1CCCS1. The number of pyridine rings is 1. The van der Waals surface area contributed by atoms with E-state index in [0.29, 0.717) is 10.8 Å². The van der Waals surface area contributed by atoms with Gasteiger partial charge in [-0.05, 0) is 36.4 Å². The molecule has 5 heteroatoms. The Morgan fingerprint density at radius 1 is 1.62 bits per heavy atom. The van der Waals surface area contributed by atoms with Gasteiger partial charge in [0.2, 0.25) is 0 Å². The summed E-state index contributed by atoms with van der Waals surface area (Å²) in [6.07, 6.45) is 1.85. The molecule has 0 radical (unpaired) electrons. The van der Waals surface area contributed by atoms with Crippen molar-refractivity contribution in [3.8, 4) is 0 Å². The maximum Gasteiger partial charge on any atom is 0.282 e. The summed E-state index contributed by atoms with van der Waals surface area (Å²) in [7, 11) is 0. The van der Waals surface area contributed by atoms with E-state index < -0.39 is 0 Å². The van der Waals surface area contributed by atoms with E-state index in [1.54, 1.807) is 22.3 Å². The lowest BCUT2D eigenvalue weighted by Gasteiger charge is -2.15. The number of rotatable bonds is 2. The first-order valence-electron chi connectivity index (χ1n) is 5.32. The van der Waals surface area contributed by atoms with E-state index in [-0.39, 0.29) is 5.91 Å². The zero-order valence-electron chi connectivity index (χ0n) is 9.07. The van der Waals surface area contributed by atoms with Gasteiger partial charge < -0.3 is 0 Å². The van der Waals surface area contributed by atoms with E-state index >= 15 is 0 Å². The molecule has 0 N–H and O–H groups in total. The Morgan fingerprint density at radius 2 is 2.44 bits per heavy atom. The number of aromatic nitrogens is 1. The van der Waals surface area contributed by atoms with Gasteiger partial charge in [-0.15, -0.1) is 0 Å². The van der Waals surface area contributed by atoms with Crippen molar-refractivity contribution in [3.63, 3.8) is 0 Å². The molecule has 1 aliphatic heterocycles. The van der Waals surface area contributed by atoms with Crippen molar-refractivity contribution in [1.29, 1.82) is 0 Å². The number of hydrogen-bond donors (Lipinski definition) is 0. The molecule has 0 aromatic carbocycles. The molecular formula is C11H13ClN2OS. The Morgan fingerprint density at radius 3 is 3.06 bits per heavy atom. The molecule has 0 atom stereocenters. The fourth-order valence-electron chi connectivity index (χ4n) is 1.66. The molecule has 1 aromatic heterocycles. The van der Waals surface area contributed by atoms with Crippen LogP contribution < -0.4 is 0 Å². The smallest absolute Gasteiger partial charge is 0.281 e. The normalized spacial score (nSPS) is 15.5. The van der Waals surface area contributed by atoms with Crippen LogP contribution in [0, 0.1) is 0 Å². The van der Waals surface area contributed by atoms with E-state index in [4.69, 9.17) is 11.6 Å². The highest BCUT2D eigenvalue weighted by atomic mass is 35.5. The molecule has 0 spiro atoms. The van der Waals surface area contributed by atoms with Crippen molar-refractivity contribution < 1.29 is 4.79 Å². The van der Waals surface area contributed by atoms with Crippen LogP contribution in [0.15, 0.2) is 12.1 Å². The summed E-state index contributed by atoms with van der Waals surface area (Å²) in [6.45, 7) is 2.82. The lowest BCUT2D eigenvalue weighted by Crippen LogP contribution is -2.23. The monoisotopic (exact) mass is 256 g/mol. The third-order valence-electron chi connectivity index (χ3n) is 2.51. The molecular weight excluding hydrogens is 244 g/mol. The third-order valence-corrected chi connectivity index (χ3v) is 3.85. The van der Waals surface area contributed by atoms with Crippen LogP contribution in [0.5, 0.6) is 0 Å². The second kappa shape index (κ2) is 5.06. The van der Waals surface area contributed by atoms with Crippen molar-refractivity contribution in [1.82, 2.24) is 9.29 Å². The Balaban J connectivity index is 2.30. The van der Waals surface area contributed by atoms with Crippen molar-refractivity contribution >= 4 is 29.5 Å². The minimum absolute atomic E-state index is 0.0122. The van der Waals surface area contributed by atoms with Crippen LogP contribution in [0.25, 0.3) is 0 Å². The molecule has 86 valence electrons. The number of carbonyl (C=O) groups excluding carboxylic acids is 1. The second-order valence-electron chi connectivity index (χ2n) is 3.59. The average molecular weight is 257 g/mol. The summed E-state index contributed by atoms with van der Waals surface area (Å²) in [5.74, 6) is 0.996. The molecule has 0 saturated carbocycles. The molecule has 16 heavy (non-hydrogen) atoms. The number of amides is 1. The summed E-state index contributed by atoms with van der Waals surface area (Å²) in [5.41, 5.74) is 1.46.